The molecule has 0 aromatic heterocycles. The number of aliphatic carboxylic acids is 2. The van der Waals surface area contributed by atoms with Gasteiger partial charge in [0, 0.05) is 0 Å². The molecule has 9 heavy (non-hydrogen) atoms. The maximum atomic E-state index is 11.4. The van der Waals surface area contributed by atoms with Crippen LogP contribution in [0.15, 0.2) is 0 Å². The maximum absolute atomic E-state index is 11.4. The largest absolute Gasteiger partial charge is 0.481 e. The molecule has 0 aliphatic carbocycles. The third kappa shape index (κ3) is 2.07. The van der Waals surface area contributed by atoms with Gasteiger partial charge in [0.25, 0.3) is 0 Å². The molecule has 0 fully saturated rings. The predicted molar refractivity (Wildman–Crippen MR) is 24.7 cm³/mol. The predicted octanol–water partition coefficient (Wildman–Crippen LogP) is -0.259. The van der Waals surface area contributed by atoms with E-state index in [1.165, 1.54) is 0 Å². The molecule has 0 heterocycles. The molecule has 0 rings (SSSR count). The molecule has 0 bridgehead atoms. The molecule has 0 aromatic carbocycles. The summed E-state index contributed by atoms with van der Waals surface area (Å²) in [6, 6.07) is 0. The third-order valence-electron chi connectivity index (χ3n) is 0.750. The summed E-state index contributed by atoms with van der Waals surface area (Å²) in [7, 11) is 0. The molecule has 0 spiro atoms. The highest BCUT2D eigenvalue weighted by molar-refractivity contribution is 5.92. The highest BCUT2D eigenvalue weighted by Gasteiger charge is 2.24. The van der Waals surface area contributed by atoms with Crippen LogP contribution in [-0.2, 0) is 9.59 Å². The van der Waals surface area contributed by atoms with E-state index >= 15 is 0 Å². The first-order chi connectivity index (χ1) is 4.09. The number of rotatable bonds is 3. The normalized spacial score (nSPS) is 9.56. The van der Waals surface area contributed by atoms with Gasteiger partial charge in [-0.25, -0.2) is 4.39 Å². The van der Waals surface area contributed by atoms with Crippen LogP contribution < -0.4 is 0 Å². The molecule has 2 N–H and O–H groups in total. The fraction of sp³-hybridized carbons (Fsp3) is 0.500. The van der Waals surface area contributed by atoms with Crippen LogP contribution in [0.2, 0.25) is 0 Å². The van der Waals surface area contributed by atoms with Gasteiger partial charge in [0.05, 0.1) is 0 Å². The van der Waals surface area contributed by atoms with E-state index in [9.17, 15) is 14.0 Å². The Morgan fingerprint density at radius 1 is 1.33 bits per heavy atom. The SMILES string of the molecule is O=C(O)C(CF)C(=O)O. The molecule has 0 atom stereocenters. The Morgan fingerprint density at radius 2 is 1.67 bits per heavy atom. The van der Waals surface area contributed by atoms with E-state index in [1.807, 2.05) is 0 Å². The van der Waals surface area contributed by atoms with Crippen molar-refractivity contribution in [1.29, 1.82) is 0 Å². The second-order valence-electron chi connectivity index (χ2n) is 1.38. The van der Waals surface area contributed by atoms with Gasteiger partial charge < -0.3 is 10.2 Å². The molecule has 0 unspecified atom stereocenters. The van der Waals surface area contributed by atoms with Gasteiger partial charge in [-0.1, -0.05) is 0 Å². The van der Waals surface area contributed by atoms with Crippen molar-refractivity contribution < 1.29 is 24.2 Å². The number of halogens is 1. The van der Waals surface area contributed by atoms with E-state index in [0.717, 1.165) is 0 Å². The number of hydrogen-bond donors (Lipinski definition) is 2. The molecular weight excluding hydrogens is 131 g/mol. The zero-order valence-corrected chi connectivity index (χ0v) is 4.37. The molecule has 0 radical (unpaired) electrons. The first kappa shape index (κ1) is 7.87. The monoisotopic (exact) mass is 136 g/mol. The molecule has 0 saturated carbocycles. The van der Waals surface area contributed by atoms with Crippen molar-refractivity contribution in [2.45, 2.75) is 0 Å². The Morgan fingerprint density at radius 3 is 1.67 bits per heavy atom. The lowest BCUT2D eigenvalue weighted by molar-refractivity contribution is -0.155. The summed E-state index contributed by atoms with van der Waals surface area (Å²) in [5.74, 6) is -5.21. The molecule has 0 aliphatic rings. The molecule has 5 heteroatoms. The van der Waals surface area contributed by atoms with E-state index in [-0.39, 0.29) is 0 Å². The second-order valence-corrected chi connectivity index (χ2v) is 1.38. The minimum Gasteiger partial charge on any atom is -0.481 e. The topological polar surface area (TPSA) is 74.6 Å². The summed E-state index contributed by atoms with van der Waals surface area (Å²) < 4.78 is 11.4. The van der Waals surface area contributed by atoms with Crippen LogP contribution in [0.3, 0.4) is 0 Å². The first-order valence-electron chi connectivity index (χ1n) is 2.11. The van der Waals surface area contributed by atoms with E-state index in [0.29, 0.717) is 0 Å². The van der Waals surface area contributed by atoms with Crippen LogP contribution >= 0.6 is 0 Å². The van der Waals surface area contributed by atoms with Gasteiger partial charge in [0.15, 0.2) is 5.92 Å². The van der Waals surface area contributed by atoms with Gasteiger partial charge in [-0.2, -0.15) is 0 Å². The van der Waals surface area contributed by atoms with Gasteiger partial charge in [0.1, 0.15) is 6.67 Å². The van der Waals surface area contributed by atoms with Crippen LogP contribution in [0.1, 0.15) is 0 Å². The lowest BCUT2D eigenvalue weighted by Crippen LogP contribution is -2.24. The number of carboxylic acids is 2. The van der Waals surface area contributed by atoms with Gasteiger partial charge in [-0.15, -0.1) is 0 Å². The standard InChI is InChI=1S/C4H5FO4/c5-1-2(3(6)7)4(8)9/h2H,1H2,(H,6,7)(H,8,9). The molecule has 0 aliphatic heterocycles. The van der Waals surface area contributed by atoms with Crippen LogP contribution in [0.4, 0.5) is 4.39 Å². The Bertz CT molecular complexity index is 119. The summed E-state index contributed by atoms with van der Waals surface area (Å²) >= 11 is 0. The number of alkyl halides is 1. The van der Waals surface area contributed by atoms with E-state index < -0.39 is 24.5 Å². The van der Waals surface area contributed by atoms with Crippen LogP contribution in [0.5, 0.6) is 0 Å². The molecule has 4 nitrogen and oxygen atoms in total. The van der Waals surface area contributed by atoms with Crippen molar-refractivity contribution >= 4 is 11.9 Å². The van der Waals surface area contributed by atoms with Crippen molar-refractivity contribution in [3.05, 3.63) is 0 Å². The highest BCUT2D eigenvalue weighted by atomic mass is 19.1. The Hall–Kier alpha value is -1.13. The third-order valence-corrected chi connectivity index (χ3v) is 0.750. The Kier molecular flexibility index (Phi) is 2.63. The van der Waals surface area contributed by atoms with Crippen molar-refractivity contribution in [2.75, 3.05) is 6.67 Å². The summed E-state index contributed by atoms with van der Waals surface area (Å²) in [5.41, 5.74) is 0. The summed E-state index contributed by atoms with van der Waals surface area (Å²) in [4.78, 5) is 19.5. The van der Waals surface area contributed by atoms with Crippen molar-refractivity contribution in [3.63, 3.8) is 0 Å². The molecule has 0 aromatic rings. The summed E-state index contributed by atoms with van der Waals surface area (Å²) in [6.07, 6.45) is 0. The van der Waals surface area contributed by atoms with Gasteiger partial charge in [-0.3, -0.25) is 9.59 Å². The highest BCUT2D eigenvalue weighted by Crippen LogP contribution is 1.96. The zero-order chi connectivity index (χ0) is 7.44. The van der Waals surface area contributed by atoms with Crippen molar-refractivity contribution in [3.8, 4) is 0 Å². The van der Waals surface area contributed by atoms with Crippen molar-refractivity contribution in [2.24, 2.45) is 5.92 Å². The summed E-state index contributed by atoms with van der Waals surface area (Å²) in [6.45, 7) is -1.37. The lowest BCUT2D eigenvalue weighted by Gasteiger charge is -1.97. The molecule has 52 valence electrons. The first-order valence-corrected chi connectivity index (χ1v) is 2.11. The number of carboxylic acid groups (broad SMARTS) is 2. The van der Waals surface area contributed by atoms with Gasteiger partial charge >= 0.3 is 11.9 Å². The summed E-state index contributed by atoms with van der Waals surface area (Å²) in [5, 5.41) is 15.8. The molecule has 0 saturated heterocycles. The van der Waals surface area contributed by atoms with E-state index in [2.05, 4.69) is 0 Å². The van der Waals surface area contributed by atoms with Crippen LogP contribution in [-0.4, -0.2) is 28.8 Å². The van der Waals surface area contributed by atoms with Crippen LogP contribution in [0.25, 0.3) is 0 Å². The van der Waals surface area contributed by atoms with E-state index in [1.54, 1.807) is 0 Å². The lowest BCUT2D eigenvalue weighted by atomic mass is 10.2. The Balaban J connectivity index is 3.99. The average molecular weight is 136 g/mol. The number of hydrogen-bond acceptors (Lipinski definition) is 2. The van der Waals surface area contributed by atoms with E-state index in [4.69, 9.17) is 10.2 Å². The van der Waals surface area contributed by atoms with Gasteiger partial charge in [-0.05, 0) is 0 Å². The van der Waals surface area contributed by atoms with Crippen molar-refractivity contribution in [1.82, 2.24) is 0 Å². The Labute approximate surface area is 49.9 Å². The molecular formula is C4H5FO4. The fourth-order valence-electron chi connectivity index (χ4n) is 0.238. The quantitative estimate of drug-likeness (QED) is 0.524. The number of carbonyl (C=O) groups is 2. The van der Waals surface area contributed by atoms with Crippen LogP contribution in [0, 0.1) is 5.92 Å². The smallest absolute Gasteiger partial charge is 0.320 e. The van der Waals surface area contributed by atoms with Gasteiger partial charge in [0.2, 0.25) is 0 Å². The minimum absolute atomic E-state index is 1.37. The second kappa shape index (κ2) is 3.01. The average Bonchev–Trinajstić information content (AvgIpc) is 1.64. The zero-order valence-electron chi connectivity index (χ0n) is 4.37. The fourth-order valence-corrected chi connectivity index (χ4v) is 0.238. The molecule has 0 amide bonds. The minimum atomic E-state index is -1.91. The maximum Gasteiger partial charge on any atom is 0.320 e.